The van der Waals surface area contributed by atoms with Gasteiger partial charge >= 0.3 is 0 Å². The lowest BCUT2D eigenvalue weighted by Crippen LogP contribution is -2.40. The maximum atomic E-state index is 12.4. The lowest BCUT2D eigenvalue weighted by Gasteiger charge is -2.17. The molecule has 0 bridgehead atoms. The summed E-state index contributed by atoms with van der Waals surface area (Å²) in [5.74, 6) is 0. The summed E-state index contributed by atoms with van der Waals surface area (Å²) >= 11 is 6.62. The van der Waals surface area contributed by atoms with Crippen molar-refractivity contribution in [2.75, 3.05) is 13.1 Å². The van der Waals surface area contributed by atoms with E-state index in [1.165, 1.54) is 0 Å². The summed E-state index contributed by atoms with van der Waals surface area (Å²) in [4.78, 5) is 0.278. The van der Waals surface area contributed by atoms with E-state index in [0.29, 0.717) is 11.0 Å². The number of sulfonamides is 1. The summed E-state index contributed by atoms with van der Waals surface area (Å²) < 4.78 is 28.9. The molecule has 7 heteroatoms. The lowest BCUT2D eigenvalue weighted by molar-refractivity contribution is 0.521. The van der Waals surface area contributed by atoms with Crippen LogP contribution in [0.3, 0.4) is 0 Å². The van der Waals surface area contributed by atoms with Gasteiger partial charge in [0.05, 0.1) is 4.90 Å². The average molecular weight is 412 g/mol. The summed E-state index contributed by atoms with van der Waals surface area (Å²) in [7, 11) is -3.48. The van der Waals surface area contributed by atoms with Gasteiger partial charge in [-0.25, -0.2) is 13.1 Å². The molecular formula is C12H16Br2N2O2S. The number of rotatable bonds is 3. The third-order valence-corrected chi connectivity index (χ3v) is 6.04. The quantitative estimate of drug-likeness (QED) is 0.803. The van der Waals surface area contributed by atoms with Gasteiger partial charge in [0.2, 0.25) is 10.0 Å². The average Bonchev–Trinajstić information content (AvgIpc) is 2.56. The van der Waals surface area contributed by atoms with E-state index in [9.17, 15) is 8.42 Å². The number of nitrogens with one attached hydrogen (secondary N) is 2. The van der Waals surface area contributed by atoms with E-state index >= 15 is 0 Å². The van der Waals surface area contributed by atoms with Crippen molar-refractivity contribution in [3.63, 3.8) is 0 Å². The van der Waals surface area contributed by atoms with Crippen LogP contribution in [0.5, 0.6) is 0 Å². The molecule has 1 unspecified atom stereocenters. The highest BCUT2D eigenvalue weighted by atomic mass is 79.9. The highest BCUT2D eigenvalue weighted by Crippen LogP contribution is 2.26. The Kier molecular flexibility index (Phi) is 5.42. The summed E-state index contributed by atoms with van der Waals surface area (Å²) in [6.07, 6.45) is 3.02. The highest BCUT2D eigenvalue weighted by molar-refractivity contribution is 9.11. The van der Waals surface area contributed by atoms with E-state index in [-0.39, 0.29) is 10.9 Å². The van der Waals surface area contributed by atoms with Crippen molar-refractivity contribution >= 4 is 41.9 Å². The molecule has 1 heterocycles. The van der Waals surface area contributed by atoms with Gasteiger partial charge in [-0.3, -0.25) is 0 Å². The van der Waals surface area contributed by atoms with Crippen molar-refractivity contribution in [3.8, 4) is 0 Å². The molecule has 1 atom stereocenters. The third kappa shape index (κ3) is 4.26. The molecule has 0 saturated carbocycles. The SMILES string of the molecule is O=S(=O)(NC1CCCCNC1)c1ccc(Br)cc1Br. The van der Waals surface area contributed by atoms with Crippen LogP contribution in [-0.2, 0) is 10.0 Å². The number of hydrogen-bond acceptors (Lipinski definition) is 3. The van der Waals surface area contributed by atoms with Crippen molar-refractivity contribution in [2.45, 2.75) is 30.2 Å². The molecule has 0 aliphatic carbocycles. The van der Waals surface area contributed by atoms with E-state index in [4.69, 9.17) is 0 Å². The maximum absolute atomic E-state index is 12.4. The Labute approximate surface area is 130 Å². The van der Waals surface area contributed by atoms with E-state index in [1.54, 1.807) is 18.2 Å². The zero-order valence-corrected chi connectivity index (χ0v) is 14.3. The maximum Gasteiger partial charge on any atom is 0.241 e. The first-order valence-electron chi connectivity index (χ1n) is 6.17. The first-order valence-corrected chi connectivity index (χ1v) is 9.24. The van der Waals surface area contributed by atoms with Crippen LogP contribution in [0.1, 0.15) is 19.3 Å². The van der Waals surface area contributed by atoms with Crippen LogP contribution in [0, 0.1) is 0 Å². The highest BCUT2D eigenvalue weighted by Gasteiger charge is 2.22. The Balaban J connectivity index is 2.17. The molecule has 0 amide bonds. The minimum absolute atomic E-state index is 0.0388. The molecule has 1 aromatic carbocycles. The fourth-order valence-electron chi connectivity index (χ4n) is 2.10. The first kappa shape index (κ1) is 15.4. The Morgan fingerprint density at radius 1 is 1.26 bits per heavy atom. The molecule has 0 aromatic heterocycles. The lowest BCUT2D eigenvalue weighted by atomic mass is 10.2. The van der Waals surface area contributed by atoms with Crippen LogP contribution in [0.25, 0.3) is 0 Å². The van der Waals surface area contributed by atoms with Crippen molar-refractivity contribution < 1.29 is 8.42 Å². The summed E-state index contributed by atoms with van der Waals surface area (Å²) in [6.45, 7) is 1.65. The molecule has 106 valence electrons. The second-order valence-corrected chi connectivity index (χ2v) is 8.05. The fraction of sp³-hybridized carbons (Fsp3) is 0.500. The molecule has 1 aliphatic rings. The molecule has 4 nitrogen and oxygen atoms in total. The van der Waals surface area contributed by atoms with Crippen LogP contribution in [0.4, 0.5) is 0 Å². The van der Waals surface area contributed by atoms with Gasteiger partial charge in [0.1, 0.15) is 0 Å². The molecule has 0 radical (unpaired) electrons. The third-order valence-electron chi connectivity index (χ3n) is 3.05. The van der Waals surface area contributed by atoms with Gasteiger partial charge in [0.15, 0.2) is 0 Å². The van der Waals surface area contributed by atoms with Gasteiger partial charge < -0.3 is 5.32 Å². The Hall–Kier alpha value is 0.0500. The standard InChI is InChI=1S/C12H16Br2N2O2S/c13-9-4-5-12(11(14)7-9)19(17,18)16-10-3-1-2-6-15-8-10/h4-5,7,10,15-16H,1-3,6,8H2. The zero-order chi connectivity index (χ0) is 13.9. The normalized spacial score (nSPS) is 21.1. The number of benzene rings is 1. The van der Waals surface area contributed by atoms with Crippen molar-refractivity contribution in [2.24, 2.45) is 0 Å². The van der Waals surface area contributed by atoms with Crippen LogP contribution < -0.4 is 10.0 Å². The van der Waals surface area contributed by atoms with Gasteiger partial charge in [-0.15, -0.1) is 0 Å². The molecule has 2 rings (SSSR count). The second kappa shape index (κ2) is 6.67. The van der Waals surface area contributed by atoms with Gasteiger partial charge in [0, 0.05) is 21.5 Å². The van der Waals surface area contributed by atoms with Gasteiger partial charge in [0.25, 0.3) is 0 Å². The second-order valence-electron chi connectivity index (χ2n) is 4.59. The fourth-order valence-corrected chi connectivity index (χ4v) is 5.11. The summed E-state index contributed by atoms with van der Waals surface area (Å²) in [6, 6.07) is 5.02. The largest absolute Gasteiger partial charge is 0.315 e. The molecular weight excluding hydrogens is 396 g/mol. The van der Waals surface area contributed by atoms with Gasteiger partial charge in [-0.2, -0.15) is 0 Å². The topological polar surface area (TPSA) is 58.2 Å². The molecule has 1 saturated heterocycles. The van der Waals surface area contributed by atoms with Crippen LogP contribution in [0.2, 0.25) is 0 Å². The minimum Gasteiger partial charge on any atom is -0.315 e. The van der Waals surface area contributed by atoms with Gasteiger partial charge in [-0.05, 0) is 53.5 Å². The zero-order valence-electron chi connectivity index (χ0n) is 10.3. The minimum atomic E-state index is -3.48. The monoisotopic (exact) mass is 410 g/mol. The molecule has 19 heavy (non-hydrogen) atoms. The number of hydrogen-bond donors (Lipinski definition) is 2. The molecule has 1 aliphatic heterocycles. The Bertz CT molecular complexity index is 541. The van der Waals surface area contributed by atoms with E-state index in [0.717, 1.165) is 30.3 Å². The van der Waals surface area contributed by atoms with Crippen LogP contribution in [-0.4, -0.2) is 27.5 Å². The van der Waals surface area contributed by atoms with E-state index in [2.05, 4.69) is 41.9 Å². The Morgan fingerprint density at radius 2 is 2.05 bits per heavy atom. The van der Waals surface area contributed by atoms with Crippen LogP contribution >= 0.6 is 31.9 Å². The number of halogens is 2. The first-order chi connectivity index (χ1) is 8.99. The molecule has 1 aromatic rings. The van der Waals surface area contributed by atoms with Crippen molar-refractivity contribution in [1.82, 2.24) is 10.0 Å². The van der Waals surface area contributed by atoms with Gasteiger partial charge in [-0.1, -0.05) is 22.4 Å². The predicted molar refractivity (Wildman–Crippen MR) is 82.7 cm³/mol. The van der Waals surface area contributed by atoms with Crippen molar-refractivity contribution in [1.29, 1.82) is 0 Å². The molecule has 1 fully saturated rings. The van der Waals surface area contributed by atoms with E-state index in [1.807, 2.05) is 0 Å². The molecule has 2 N–H and O–H groups in total. The predicted octanol–water partition coefficient (Wildman–Crippen LogP) is 2.63. The molecule has 0 spiro atoms. The Morgan fingerprint density at radius 3 is 2.79 bits per heavy atom. The van der Waals surface area contributed by atoms with Crippen LogP contribution in [0.15, 0.2) is 32.0 Å². The summed E-state index contributed by atoms with van der Waals surface area (Å²) in [5, 5.41) is 3.25. The van der Waals surface area contributed by atoms with E-state index < -0.39 is 10.0 Å². The smallest absolute Gasteiger partial charge is 0.241 e. The van der Waals surface area contributed by atoms with Crippen molar-refractivity contribution in [3.05, 3.63) is 27.1 Å². The summed E-state index contributed by atoms with van der Waals surface area (Å²) in [5.41, 5.74) is 0.